The quantitative estimate of drug-likeness (QED) is 0.224. The molecule has 0 aliphatic rings. The minimum atomic E-state index is -1.21. The molecule has 0 bridgehead atoms. The van der Waals surface area contributed by atoms with Crippen molar-refractivity contribution < 1.29 is 30.6 Å². The Labute approximate surface area is 119 Å². The fourth-order valence-corrected chi connectivity index (χ4v) is 0.150. The van der Waals surface area contributed by atoms with Gasteiger partial charge in [0, 0.05) is 19.6 Å². The van der Waals surface area contributed by atoms with Crippen LogP contribution < -0.4 is 22.9 Å². The van der Waals surface area contributed by atoms with Crippen LogP contribution >= 0.6 is 0 Å². The molecule has 0 aliphatic heterocycles. The van der Waals surface area contributed by atoms with E-state index in [0.717, 1.165) is 0 Å². The summed E-state index contributed by atoms with van der Waals surface area (Å²) >= 11 is 0. The summed E-state index contributed by atoms with van der Waals surface area (Å²) < 4.78 is 0. The van der Waals surface area contributed by atoms with Crippen LogP contribution in [0.3, 0.4) is 0 Å². The molecule has 0 radical (unpaired) electrons. The molecule has 10 heteroatoms. The van der Waals surface area contributed by atoms with Crippen molar-refractivity contribution in [1.29, 1.82) is 0 Å². The highest BCUT2D eigenvalue weighted by Crippen LogP contribution is 1.93. The number of aliphatic hydroxyl groups excluding tert-OH is 6. The van der Waals surface area contributed by atoms with Gasteiger partial charge in [-0.05, 0) is 0 Å². The number of hydrogen-bond acceptors (Lipinski definition) is 10. The summed E-state index contributed by atoms with van der Waals surface area (Å²) in [6.45, 7) is 0.208. The number of rotatable bonds is 6. The summed E-state index contributed by atoms with van der Waals surface area (Å²) in [5.74, 6) is 0. The second kappa shape index (κ2) is 27.0. The van der Waals surface area contributed by atoms with Crippen LogP contribution in [0.15, 0.2) is 0 Å². The highest BCUT2D eigenvalue weighted by molar-refractivity contribution is 4.80. The summed E-state index contributed by atoms with van der Waals surface area (Å²) in [6.07, 6.45) is 0. The molecule has 128 valence electrons. The molecule has 0 unspecified atom stereocenters. The molecule has 20 heavy (non-hydrogen) atoms. The number of nitrogens with two attached hydrogens (primary N) is 4. The zero-order valence-electron chi connectivity index (χ0n) is 11.9. The van der Waals surface area contributed by atoms with E-state index in [0.29, 0.717) is 19.6 Å². The molecule has 0 saturated heterocycles. The van der Waals surface area contributed by atoms with E-state index in [2.05, 4.69) is 0 Å². The first kappa shape index (κ1) is 27.9. The molecule has 10 nitrogen and oxygen atoms in total. The molecular weight excluding hydrogens is 272 g/mol. The van der Waals surface area contributed by atoms with Crippen LogP contribution in [0.2, 0.25) is 0 Å². The first-order valence-corrected chi connectivity index (χ1v) is 5.97. The molecule has 14 N–H and O–H groups in total. The Morgan fingerprint density at radius 1 is 0.550 bits per heavy atom. The van der Waals surface area contributed by atoms with Crippen LogP contribution in [0.25, 0.3) is 0 Å². The fraction of sp³-hybridized carbons (Fsp3) is 1.00. The summed E-state index contributed by atoms with van der Waals surface area (Å²) in [5.41, 5.74) is 18.3. The second-order valence-electron chi connectivity index (χ2n) is 3.37. The van der Waals surface area contributed by atoms with Crippen LogP contribution in [-0.2, 0) is 0 Å². The zero-order chi connectivity index (χ0) is 16.9. The van der Waals surface area contributed by atoms with Gasteiger partial charge in [-0.2, -0.15) is 0 Å². The van der Waals surface area contributed by atoms with Crippen molar-refractivity contribution in [3.63, 3.8) is 0 Å². The average Bonchev–Trinajstić information content (AvgIpc) is 2.54. The highest BCUT2D eigenvalue weighted by Gasteiger charge is 2.20. The van der Waals surface area contributed by atoms with Crippen molar-refractivity contribution in [2.45, 2.75) is 5.54 Å². The van der Waals surface area contributed by atoms with Gasteiger partial charge in [-0.3, -0.25) is 0 Å². The Kier molecular flexibility index (Phi) is 37.7. The third kappa shape index (κ3) is 36.0. The van der Waals surface area contributed by atoms with Crippen molar-refractivity contribution in [1.82, 2.24) is 0 Å². The molecule has 0 amide bonds. The van der Waals surface area contributed by atoms with E-state index in [9.17, 15) is 0 Å². The van der Waals surface area contributed by atoms with Gasteiger partial charge in [-0.15, -0.1) is 0 Å². The minimum absolute atomic E-state index is 0.0972. The largest absolute Gasteiger partial charge is 0.395 e. The van der Waals surface area contributed by atoms with E-state index in [1.807, 2.05) is 0 Å². The summed E-state index contributed by atoms with van der Waals surface area (Å²) in [7, 11) is 0. The van der Waals surface area contributed by atoms with Gasteiger partial charge in [0.1, 0.15) is 0 Å². The lowest BCUT2D eigenvalue weighted by atomic mass is 10.1. The Hall–Kier alpha value is -0.400. The van der Waals surface area contributed by atoms with Crippen molar-refractivity contribution in [3.8, 4) is 0 Å². The van der Waals surface area contributed by atoms with Gasteiger partial charge < -0.3 is 53.6 Å². The molecule has 0 rings (SSSR count). The Bertz CT molecular complexity index is 117. The lowest BCUT2D eigenvalue weighted by molar-refractivity contribution is 0.0697. The van der Waals surface area contributed by atoms with E-state index < -0.39 is 25.4 Å². The van der Waals surface area contributed by atoms with Gasteiger partial charge in [-0.25, -0.2) is 0 Å². The maximum absolute atomic E-state index is 8.34. The molecule has 0 aliphatic carbocycles. The molecule has 0 aromatic rings. The van der Waals surface area contributed by atoms with Crippen molar-refractivity contribution in [2.24, 2.45) is 22.9 Å². The lowest BCUT2D eigenvalue weighted by Crippen LogP contribution is -2.50. The standard InChI is InChI=1S/C4H11NO3.3C2H7NO/c5-4(1-6,2-7)3-8;3*3-1-2-4/h6-8H,1-3,5H2;3*4H,1-3H2. The van der Waals surface area contributed by atoms with Crippen LogP contribution in [0, 0.1) is 0 Å². The normalized spacial score (nSPS) is 9.30. The summed E-state index contributed by atoms with van der Waals surface area (Å²) in [4.78, 5) is 0. The second-order valence-corrected chi connectivity index (χ2v) is 3.37. The molecular formula is C10H32N4O6. The minimum Gasteiger partial charge on any atom is -0.395 e. The smallest absolute Gasteiger partial charge is 0.0856 e. The molecule has 0 saturated carbocycles. The lowest BCUT2D eigenvalue weighted by Gasteiger charge is -2.20. The molecule has 0 heterocycles. The maximum Gasteiger partial charge on any atom is 0.0856 e. The highest BCUT2D eigenvalue weighted by atomic mass is 16.3. The molecule has 0 spiro atoms. The Balaban J connectivity index is -0.0000000917. The van der Waals surface area contributed by atoms with E-state index in [4.69, 9.17) is 53.6 Å². The summed E-state index contributed by atoms with van der Waals surface area (Å²) in [5, 5.41) is 48.3. The third-order valence-electron chi connectivity index (χ3n) is 1.33. The maximum atomic E-state index is 8.34. The predicted molar refractivity (Wildman–Crippen MR) is 76.6 cm³/mol. The van der Waals surface area contributed by atoms with Crippen LogP contribution in [0.4, 0.5) is 0 Å². The van der Waals surface area contributed by atoms with E-state index >= 15 is 0 Å². The van der Waals surface area contributed by atoms with Crippen molar-refractivity contribution in [3.05, 3.63) is 0 Å². The zero-order valence-corrected chi connectivity index (χ0v) is 11.9. The average molecular weight is 304 g/mol. The van der Waals surface area contributed by atoms with Gasteiger partial charge in [0.2, 0.25) is 0 Å². The van der Waals surface area contributed by atoms with Crippen molar-refractivity contribution in [2.75, 3.05) is 59.3 Å². The van der Waals surface area contributed by atoms with Gasteiger partial charge in [0.25, 0.3) is 0 Å². The molecule has 0 aromatic carbocycles. The third-order valence-corrected chi connectivity index (χ3v) is 1.33. The summed E-state index contributed by atoms with van der Waals surface area (Å²) in [6, 6.07) is 0. The molecule has 0 aromatic heterocycles. The SMILES string of the molecule is NC(CO)(CO)CO.NCCO.NCCO.NCCO. The van der Waals surface area contributed by atoms with Gasteiger partial charge in [-0.1, -0.05) is 0 Å². The van der Waals surface area contributed by atoms with Crippen molar-refractivity contribution >= 4 is 0 Å². The fourth-order valence-electron chi connectivity index (χ4n) is 0.150. The number of hydrogen-bond donors (Lipinski definition) is 10. The topological polar surface area (TPSA) is 225 Å². The molecule has 0 fully saturated rings. The van der Waals surface area contributed by atoms with Gasteiger partial charge in [0.05, 0.1) is 45.2 Å². The van der Waals surface area contributed by atoms with E-state index in [1.165, 1.54) is 0 Å². The van der Waals surface area contributed by atoms with Crippen LogP contribution in [-0.4, -0.2) is 95.5 Å². The number of aliphatic hydroxyl groups is 6. The van der Waals surface area contributed by atoms with Gasteiger partial charge in [0.15, 0.2) is 0 Å². The molecule has 0 atom stereocenters. The first-order valence-electron chi connectivity index (χ1n) is 5.97. The monoisotopic (exact) mass is 304 g/mol. The van der Waals surface area contributed by atoms with Crippen LogP contribution in [0.5, 0.6) is 0 Å². The Morgan fingerprint density at radius 2 is 0.700 bits per heavy atom. The van der Waals surface area contributed by atoms with Gasteiger partial charge >= 0.3 is 0 Å². The predicted octanol–water partition coefficient (Wildman–Crippen LogP) is -5.53. The first-order chi connectivity index (χ1) is 9.42. The Morgan fingerprint density at radius 3 is 0.700 bits per heavy atom. The van der Waals surface area contributed by atoms with E-state index in [1.54, 1.807) is 0 Å². The van der Waals surface area contributed by atoms with Crippen LogP contribution in [0.1, 0.15) is 0 Å². The van der Waals surface area contributed by atoms with E-state index in [-0.39, 0.29) is 19.8 Å².